The van der Waals surface area contributed by atoms with Gasteiger partial charge in [-0.2, -0.15) is 0 Å². The molecule has 0 spiro atoms. The summed E-state index contributed by atoms with van der Waals surface area (Å²) in [5.41, 5.74) is 6.19. The number of nitro groups is 1. The minimum absolute atomic E-state index is 0.0456. The number of nitrogens with zero attached hydrogens (tertiary/aromatic N) is 1. The summed E-state index contributed by atoms with van der Waals surface area (Å²) in [5, 5.41) is 13.5. The Morgan fingerprint density at radius 3 is 2.68 bits per heavy atom. The molecular formula is C17H15N3O4S. The molecule has 3 N–H and O–H groups in total. The molecule has 0 atom stereocenters. The first-order valence-electron chi connectivity index (χ1n) is 7.19. The van der Waals surface area contributed by atoms with Crippen LogP contribution >= 0.6 is 11.8 Å². The van der Waals surface area contributed by atoms with Crippen LogP contribution in [0.25, 0.3) is 6.08 Å². The van der Waals surface area contributed by atoms with Gasteiger partial charge in [0.1, 0.15) is 0 Å². The average Bonchev–Trinajstić information content (AvgIpc) is 2.59. The molecule has 0 aliphatic heterocycles. The molecule has 0 radical (unpaired) electrons. The monoisotopic (exact) mass is 357 g/mol. The number of thioether (sulfide) groups is 1. The van der Waals surface area contributed by atoms with Gasteiger partial charge in [-0.05, 0) is 23.8 Å². The lowest BCUT2D eigenvalue weighted by atomic mass is 10.2. The molecule has 0 unspecified atom stereocenters. The standard InChI is InChI=1S/C17H15N3O4S/c18-16(21)11-25-15-7-2-1-6-14(15)19-17(22)9-8-12-4-3-5-13(10-12)20(23)24/h1-10H,11H2,(H2,18,21)(H,19,22)/b9-8+. The van der Waals surface area contributed by atoms with E-state index >= 15 is 0 Å². The minimum atomic E-state index is -0.496. The largest absolute Gasteiger partial charge is 0.369 e. The Morgan fingerprint density at radius 2 is 1.96 bits per heavy atom. The summed E-state index contributed by atoms with van der Waals surface area (Å²) in [4.78, 5) is 33.9. The highest BCUT2D eigenvalue weighted by Crippen LogP contribution is 2.26. The summed E-state index contributed by atoms with van der Waals surface area (Å²) in [6.45, 7) is 0. The zero-order valence-electron chi connectivity index (χ0n) is 13.0. The molecule has 0 heterocycles. The van der Waals surface area contributed by atoms with Crippen LogP contribution in [0.1, 0.15) is 5.56 Å². The Balaban J connectivity index is 2.06. The van der Waals surface area contributed by atoms with E-state index in [9.17, 15) is 19.7 Å². The molecule has 0 saturated carbocycles. The Bertz CT molecular complexity index is 836. The predicted molar refractivity (Wildman–Crippen MR) is 97.1 cm³/mol. The fraction of sp³-hybridized carbons (Fsp3) is 0.0588. The van der Waals surface area contributed by atoms with E-state index in [-0.39, 0.29) is 11.4 Å². The van der Waals surface area contributed by atoms with Crippen LogP contribution in [0.4, 0.5) is 11.4 Å². The van der Waals surface area contributed by atoms with Gasteiger partial charge < -0.3 is 11.1 Å². The quantitative estimate of drug-likeness (QED) is 0.342. The minimum Gasteiger partial charge on any atom is -0.369 e. The number of non-ortho nitro benzene ring substituents is 1. The first kappa shape index (κ1) is 18.2. The van der Waals surface area contributed by atoms with Crippen molar-refractivity contribution in [2.24, 2.45) is 5.73 Å². The molecule has 0 fully saturated rings. The summed E-state index contributed by atoms with van der Waals surface area (Å²) in [5.74, 6) is -0.730. The van der Waals surface area contributed by atoms with Crippen molar-refractivity contribution in [2.45, 2.75) is 4.90 Å². The highest BCUT2D eigenvalue weighted by molar-refractivity contribution is 8.00. The third-order valence-corrected chi connectivity index (χ3v) is 4.12. The maximum atomic E-state index is 12.1. The van der Waals surface area contributed by atoms with Crippen molar-refractivity contribution >= 4 is 41.0 Å². The second-order valence-corrected chi connectivity index (χ2v) is 5.94. The van der Waals surface area contributed by atoms with Gasteiger partial charge in [0, 0.05) is 23.1 Å². The summed E-state index contributed by atoms with van der Waals surface area (Å²) in [6, 6.07) is 13.0. The van der Waals surface area contributed by atoms with Gasteiger partial charge in [0.15, 0.2) is 0 Å². The molecule has 2 aromatic carbocycles. The van der Waals surface area contributed by atoms with Crippen molar-refractivity contribution in [1.82, 2.24) is 0 Å². The number of nitro benzene ring substituents is 1. The number of hydrogen-bond acceptors (Lipinski definition) is 5. The number of anilines is 1. The topological polar surface area (TPSA) is 115 Å². The van der Waals surface area contributed by atoms with Crippen LogP contribution in [-0.2, 0) is 9.59 Å². The van der Waals surface area contributed by atoms with Crippen molar-refractivity contribution in [2.75, 3.05) is 11.1 Å². The number of amides is 2. The Morgan fingerprint density at radius 1 is 1.20 bits per heavy atom. The number of rotatable bonds is 7. The SMILES string of the molecule is NC(=O)CSc1ccccc1NC(=O)/C=C/c1cccc([N+](=O)[O-])c1. The summed E-state index contributed by atoms with van der Waals surface area (Å²) >= 11 is 1.23. The fourth-order valence-electron chi connectivity index (χ4n) is 1.93. The van der Waals surface area contributed by atoms with E-state index in [1.807, 2.05) is 0 Å². The number of carbonyl (C=O) groups excluding carboxylic acids is 2. The number of carbonyl (C=O) groups is 2. The van der Waals surface area contributed by atoms with Gasteiger partial charge in [-0.3, -0.25) is 19.7 Å². The second kappa shape index (κ2) is 8.65. The number of benzene rings is 2. The van der Waals surface area contributed by atoms with E-state index < -0.39 is 16.7 Å². The smallest absolute Gasteiger partial charge is 0.270 e. The number of para-hydroxylation sites is 1. The first-order valence-corrected chi connectivity index (χ1v) is 8.18. The van der Waals surface area contributed by atoms with Crippen molar-refractivity contribution in [3.8, 4) is 0 Å². The van der Waals surface area contributed by atoms with E-state index in [1.54, 1.807) is 36.4 Å². The van der Waals surface area contributed by atoms with Gasteiger partial charge in [-0.15, -0.1) is 11.8 Å². The second-order valence-electron chi connectivity index (χ2n) is 4.93. The molecule has 2 aromatic rings. The van der Waals surface area contributed by atoms with Crippen LogP contribution in [0.2, 0.25) is 0 Å². The molecule has 0 bridgehead atoms. The van der Waals surface area contributed by atoms with Gasteiger partial charge in [0.25, 0.3) is 5.69 Å². The summed E-state index contributed by atoms with van der Waals surface area (Å²) < 4.78 is 0. The van der Waals surface area contributed by atoms with Crippen LogP contribution in [0.15, 0.2) is 59.5 Å². The lowest BCUT2D eigenvalue weighted by molar-refractivity contribution is -0.384. The van der Waals surface area contributed by atoms with E-state index in [1.165, 1.54) is 36.0 Å². The molecule has 0 aromatic heterocycles. The van der Waals surface area contributed by atoms with Crippen molar-refractivity contribution in [1.29, 1.82) is 0 Å². The number of hydrogen-bond donors (Lipinski definition) is 2. The molecule has 2 amide bonds. The van der Waals surface area contributed by atoms with Gasteiger partial charge in [-0.25, -0.2) is 0 Å². The van der Waals surface area contributed by atoms with Crippen LogP contribution in [0.5, 0.6) is 0 Å². The molecule has 25 heavy (non-hydrogen) atoms. The van der Waals surface area contributed by atoms with Gasteiger partial charge in [-0.1, -0.05) is 24.3 Å². The number of nitrogens with one attached hydrogen (secondary N) is 1. The van der Waals surface area contributed by atoms with Gasteiger partial charge in [0.2, 0.25) is 11.8 Å². The van der Waals surface area contributed by atoms with E-state index in [2.05, 4.69) is 5.32 Å². The summed E-state index contributed by atoms with van der Waals surface area (Å²) in [7, 11) is 0. The Labute approximate surface area is 148 Å². The van der Waals surface area contributed by atoms with E-state index in [0.717, 1.165) is 4.90 Å². The lowest BCUT2D eigenvalue weighted by Crippen LogP contribution is -2.13. The third-order valence-electron chi connectivity index (χ3n) is 3.02. The van der Waals surface area contributed by atoms with E-state index in [4.69, 9.17) is 5.73 Å². The van der Waals surface area contributed by atoms with Crippen molar-refractivity contribution in [3.63, 3.8) is 0 Å². The average molecular weight is 357 g/mol. The zero-order valence-corrected chi connectivity index (χ0v) is 13.9. The Kier molecular flexibility index (Phi) is 6.30. The molecular weight excluding hydrogens is 342 g/mol. The van der Waals surface area contributed by atoms with Crippen LogP contribution in [0.3, 0.4) is 0 Å². The van der Waals surface area contributed by atoms with Gasteiger partial charge in [0.05, 0.1) is 16.4 Å². The van der Waals surface area contributed by atoms with Crippen molar-refractivity contribution < 1.29 is 14.5 Å². The first-order chi connectivity index (χ1) is 12.0. The molecule has 0 aliphatic carbocycles. The molecule has 0 aliphatic rings. The van der Waals surface area contributed by atoms with Crippen LogP contribution in [0, 0.1) is 10.1 Å². The predicted octanol–water partition coefficient (Wildman–Crippen LogP) is 2.82. The maximum Gasteiger partial charge on any atom is 0.270 e. The maximum absolute atomic E-state index is 12.1. The van der Waals surface area contributed by atoms with Crippen LogP contribution in [-0.4, -0.2) is 22.5 Å². The molecule has 0 saturated heterocycles. The van der Waals surface area contributed by atoms with E-state index in [0.29, 0.717) is 11.3 Å². The number of primary amides is 1. The van der Waals surface area contributed by atoms with Crippen molar-refractivity contribution in [3.05, 3.63) is 70.3 Å². The zero-order chi connectivity index (χ0) is 18.2. The third kappa shape index (κ3) is 5.78. The molecule has 2 rings (SSSR count). The highest BCUT2D eigenvalue weighted by atomic mass is 32.2. The fourth-order valence-corrected chi connectivity index (χ4v) is 2.68. The number of nitrogens with two attached hydrogens (primary N) is 1. The van der Waals surface area contributed by atoms with Gasteiger partial charge >= 0.3 is 0 Å². The Hall–Kier alpha value is -3.13. The van der Waals surface area contributed by atoms with Crippen LogP contribution < -0.4 is 11.1 Å². The highest BCUT2D eigenvalue weighted by Gasteiger charge is 2.07. The molecule has 128 valence electrons. The molecule has 7 nitrogen and oxygen atoms in total. The summed E-state index contributed by atoms with van der Waals surface area (Å²) in [6.07, 6.45) is 2.77. The normalized spacial score (nSPS) is 10.6. The lowest BCUT2D eigenvalue weighted by Gasteiger charge is -2.08. The molecule has 8 heteroatoms.